The minimum atomic E-state index is -0.432. The molecule has 0 aliphatic heterocycles. The van der Waals surface area contributed by atoms with Crippen molar-refractivity contribution in [2.24, 2.45) is 5.92 Å². The number of hydrogen-bond donors (Lipinski definition) is 2. The van der Waals surface area contributed by atoms with E-state index in [1.165, 1.54) is 16.4 Å². The lowest BCUT2D eigenvalue weighted by atomic mass is 10.0. The van der Waals surface area contributed by atoms with E-state index in [1.54, 1.807) is 48.5 Å². The third-order valence-electron chi connectivity index (χ3n) is 5.84. The van der Waals surface area contributed by atoms with Gasteiger partial charge < -0.3 is 15.4 Å². The first kappa shape index (κ1) is 26.9. The van der Waals surface area contributed by atoms with E-state index >= 15 is 0 Å². The van der Waals surface area contributed by atoms with Crippen LogP contribution >= 0.6 is 11.6 Å². The largest absolute Gasteiger partial charge is 0.453 e. The number of amides is 1. The lowest BCUT2D eigenvalue weighted by Gasteiger charge is -2.16. The second-order valence-electron chi connectivity index (χ2n) is 9.72. The quantitative estimate of drug-likeness (QED) is 0.245. The molecule has 0 saturated carbocycles. The van der Waals surface area contributed by atoms with Crippen molar-refractivity contribution in [2.75, 3.05) is 11.9 Å². The number of benzene rings is 3. The Labute approximate surface area is 227 Å². The molecule has 0 aliphatic rings. The maximum Gasteiger partial charge on any atom is 0.299 e. The SMILES string of the molecule is CC(C)CNC(=O)c1cccc(Nc2c(Oc3ccc(C(C)C)cc3)cnn(-c3cccc(Cl)c3)c2=O)c1. The summed E-state index contributed by atoms with van der Waals surface area (Å²) < 4.78 is 7.36. The van der Waals surface area contributed by atoms with Crippen molar-refractivity contribution in [1.82, 2.24) is 15.1 Å². The first-order valence-corrected chi connectivity index (χ1v) is 12.9. The van der Waals surface area contributed by atoms with Crippen LogP contribution in [0, 0.1) is 5.92 Å². The van der Waals surface area contributed by atoms with E-state index in [-0.39, 0.29) is 17.3 Å². The molecule has 0 atom stereocenters. The summed E-state index contributed by atoms with van der Waals surface area (Å²) in [6, 6.07) is 21.6. The van der Waals surface area contributed by atoms with Gasteiger partial charge in [0.2, 0.25) is 0 Å². The van der Waals surface area contributed by atoms with Crippen molar-refractivity contribution < 1.29 is 9.53 Å². The smallest absolute Gasteiger partial charge is 0.299 e. The van der Waals surface area contributed by atoms with Crippen molar-refractivity contribution in [3.63, 3.8) is 0 Å². The number of anilines is 2. The zero-order chi connectivity index (χ0) is 27.2. The van der Waals surface area contributed by atoms with Gasteiger partial charge in [0, 0.05) is 22.8 Å². The molecular formula is C30H31ClN4O3. The highest BCUT2D eigenvalue weighted by molar-refractivity contribution is 6.30. The van der Waals surface area contributed by atoms with Crippen LogP contribution in [0.5, 0.6) is 11.5 Å². The van der Waals surface area contributed by atoms with Crippen LogP contribution in [-0.4, -0.2) is 22.2 Å². The minimum absolute atomic E-state index is 0.174. The Kier molecular flexibility index (Phi) is 8.48. The number of halogens is 1. The number of carbonyl (C=O) groups is 1. The molecule has 0 fully saturated rings. The topological polar surface area (TPSA) is 85.2 Å². The third kappa shape index (κ3) is 6.61. The van der Waals surface area contributed by atoms with E-state index in [1.807, 2.05) is 38.1 Å². The summed E-state index contributed by atoms with van der Waals surface area (Å²) in [4.78, 5) is 26.3. The van der Waals surface area contributed by atoms with Crippen LogP contribution in [0.15, 0.2) is 83.8 Å². The summed E-state index contributed by atoms with van der Waals surface area (Å²) in [5.41, 5.74) is 2.47. The number of ether oxygens (including phenoxy) is 1. The van der Waals surface area contributed by atoms with E-state index in [9.17, 15) is 9.59 Å². The molecule has 2 N–H and O–H groups in total. The fraction of sp³-hybridized carbons (Fsp3) is 0.233. The van der Waals surface area contributed by atoms with Gasteiger partial charge in [-0.05, 0) is 65.9 Å². The van der Waals surface area contributed by atoms with Crippen LogP contribution in [0.25, 0.3) is 5.69 Å². The normalized spacial score (nSPS) is 11.0. The maximum absolute atomic E-state index is 13.7. The van der Waals surface area contributed by atoms with Crippen LogP contribution in [0.1, 0.15) is 49.5 Å². The van der Waals surface area contributed by atoms with Gasteiger partial charge in [0.25, 0.3) is 11.5 Å². The lowest BCUT2D eigenvalue weighted by Crippen LogP contribution is -2.27. The third-order valence-corrected chi connectivity index (χ3v) is 6.07. The van der Waals surface area contributed by atoms with Gasteiger partial charge in [0.1, 0.15) is 5.75 Å². The molecule has 1 aromatic heterocycles. The molecule has 8 heteroatoms. The van der Waals surface area contributed by atoms with E-state index in [0.717, 1.165) is 0 Å². The molecule has 196 valence electrons. The highest BCUT2D eigenvalue weighted by Crippen LogP contribution is 2.30. The number of nitrogens with zero attached hydrogens (tertiary/aromatic N) is 2. The van der Waals surface area contributed by atoms with Crippen LogP contribution in [-0.2, 0) is 0 Å². The average Bonchev–Trinajstić information content (AvgIpc) is 2.90. The zero-order valence-corrected chi connectivity index (χ0v) is 22.6. The summed E-state index contributed by atoms with van der Waals surface area (Å²) in [6.07, 6.45) is 1.49. The Morgan fingerprint density at radius 1 is 1.00 bits per heavy atom. The molecule has 3 aromatic carbocycles. The molecule has 0 spiro atoms. The van der Waals surface area contributed by atoms with Crippen molar-refractivity contribution in [3.05, 3.63) is 105 Å². The molecule has 4 aromatic rings. The van der Waals surface area contributed by atoms with Gasteiger partial charge >= 0.3 is 0 Å². The molecule has 38 heavy (non-hydrogen) atoms. The summed E-state index contributed by atoms with van der Waals surface area (Å²) in [5.74, 6) is 1.35. The fourth-order valence-electron chi connectivity index (χ4n) is 3.75. The first-order chi connectivity index (χ1) is 18.2. The molecular weight excluding hydrogens is 500 g/mol. The number of aromatic nitrogens is 2. The Hall–Kier alpha value is -4.10. The molecule has 0 aliphatic carbocycles. The van der Waals surface area contributed by atoms with Crippen LogP contribution in [0.3, 0.4) is 0 Å². The number of rotatable bonds is 9. The summed E-state index contributed by atoms with van der Waals surface area (Å²) >= 11 is 6.16. The second kappa shape index (κ2) is 12.0. The lowest BCUT2D eigenvalue weighted by molar-refractivity contribution is 0.0949. The molecule has 0 saturated heterocycles. The molecule has 7 nitrogen and oxygen atoms in total. The van der Waals surface area contributed by atoms with Crippen molar-refractivity contribution in [3.8, 4) is 17.2 Å². The Bertz CT molecular complexity index is 1480. The minimum Gasteiger partial charge on any atom is -0.453 e. The van der Waals surface area contributed by atoms with E-state index in [0.29, 0.717) is 46.1 Å². The van der Waals surface area contributed by atoms with Gasteiger partial charge in [-0.15, -0.1) is 0 Å². The highest BCUT2D eigenvalue weighted by Gasteiger charge is 2.17. The van der Waals surface area contributed by atoms with Gasteiger partial charge in [0.15, 0.2) is 11.4 Å². The molecule has 4 rings (SSSR count). The van der Waals surface area contributed by atoms with Crippen LogP contribution < -0.4 is 20.9 Å². The van der Waals surface area contributed by atoms with Crippen LogP contribution in [0.2, 0.25) is 5.02 Å². The van der Waals surface area contributed by atoms with Gasteiger partial charge in [0.05, 0.1) is 11.9 Å². The maximum atomic E-state index is 13.7. The predicted octanol–water partition coefficient (Wildman–Crippen LogP) is 6.93. The summed E-state index contributed by atoms with van der Waals surface area (Å²) in [5, 5.41) is 10.9. The summed E-state index contributed by atoms with van der Waals surface area (Å²) in [6.45, 7) is 8.87. The summed E-state index contributed by atoms with van der Waals surface area (Å²) in [7, 11) is 0. The Balaban J connectivity index is 1.72. The van der Waals surface area contributed by atoms with E-state index in [4.69, 9.17) is 16.3 Å². The second-order valence-corrected chi connectivity index (χ2v) is 10.2. The predicted molar refractivity (Wildman–Crippen MR) is 152 cm³/mol. The van der Waals surface area contributed by atoms with Gasteiger partial charge in [-0.1, -0.05) is 63.6 Å². The van der Waals surface area contributed by atoms with Gasteiger partial charge in [-0.25, -0.2) is 0 Å². The van der Waals surface area contributed by atoms with Gasteiger partial charge in [-0.3, -0.25) is 9.59 Å². The number of hydrogen-bond acceptors (Lipinski definition) is 5. The molecule has 1 heterocycles. The average molecular weight is 531 g/mol. The number of carbonyl (C=O) groups excluding carboxylic acids is 1. The first-order valence-electron chi connectivity index (χ1n) is 12.5. The van der Waals surface area contributed by atoms with Crippen LogP contribution in [0.4, 0.5) is 11.4 Å². The molecule has 0 radical (unpaired) electrons. The Morgan fingerprint density at radius 3 is 2.42 bits per heavy atom. The fourth-order valence-corrected chi connectivity index (χ4v) is 3.94. The van der Waals surface area contributed by atoms with Crippen molar-refractivity contribution in [2.45, 2.75) is 33.6 Å². The van der Waals surface area contributed by atoms with Crippen molar-refractivity contribution in [1.29, 1.82) is 0 Å². The van der Waals surface area contributed by atoms with Crippen molar-refractivity contribution >= 4 is 28.9 Å². The molecule has 0 unspecified atom stereocenters. The molecule has 1 amide bonds. The molecule has 0 bridgehead atoms. The monoisotopic (exact) mass is 530 g/mol. The Morgan fingerprint density at radius 2 is 1.74 bits per heavy atom. The zero-order valence-electron chi connectivity index (χ0n) is 21.9. The van der Waals surface area contributed by atoms with E-state index < -0.39 is 5.56 Å². The highest BCUT2D eigenvalue weighted by atomic mass is 35.5. The standard InChI is InChI=1S/C30H31ClN4O3/c1-19(2)17-32-29(36)22-7-5-9-24(15-22)34-28-27(38-26-13-11-21(12-14-26)20(3)4)18-33-35(30(28)37)25-10-6-8-23(31)16-25/h5-16,18-20,34H,17H2,1-4H3,(H,32,36). The van der Waals surface area contributed by atoms with Gasteiger partial charge in [-0.2, -0.15) is 9.78 Å². The number of nitrogens with one attached hydrogen (secondary N) is 2. The van der Waals surface area contributed by atoms with E-state index in [2.05, 4.69) is 29.6 Å².